The van der Waals surface area contributed by atoms with Crippen LogP contribution in [0.5, 0.6) is 0 Å². The molecule has 1 heterocycles. The Hall–Kier alpha value is -1.88. The predicted octanol–water partition coefficient (Wildman–Crippen LogP) is 7.95. The topological polar surface area (TPSA) is 44.6 Å². The molecule has 6 heteroatoms. The van der Waals surface area contributed by atoms with Gasteiger partial charge < -0.3 is 9.91 Å². The second-order valence-electron chi connectivity index (χ2n) is 9.97. The first-order valence-electron chi connectivity index (χ1n) is 13.5. The van der Waals surface area contributed by atoms with Crippen molar-refractivity contribution in [3.8, 4) is 0 Å². The lowest BCUT2D eigenvalue weighted by molar-refractivity contribution is 0.251. The summed E-state index contributed by atoms with van der Waals surface area (Å²) >= 11 is 5.55. The highest BCUT2D eigenvalue weighted by atomic mass is 35.5. The number of rotatable bonds is 8. The molecule has 0 bridgehead atoms. The molecule has 0 saturated heterocycles. The lowest BCUT2D eigenvalue weighted by atomic mass is 9.78. The normalized spacial score (nSPS) is 17.7. The van der Waals surface area contributed by atoms with Crippen LogP contribution in [0.1, 0.15) is 84.4 Å². The van der Waals surface area contributed by atoms with E-state index in [0.29, 0.717) is 5.88 Å². The van der Waals surface area contributed by atoms with Gasteiger partial charge in [0, 0.05) is 33.6 Å². The predicted molar refractivity (Wildman–Crippen MR) is 156 cm³/mol. The van der Waals surface area contributed by atoms with E-state index < -0.39 is 0 Å². The fourth-order valence-corrected chi connectivity index (χ4v) is 4.86. The molecular weight excluding hydrogens is 454 g/mol. The number of alkyl halides is 1. The van der Waals surface area contributed by atoms with E-state index in [9.17, 15) is 0 Å². The molecule has 1 aliphatic rings. The van der Waals surface area contributed by atoms with Crippen LogP contribution in [-0.4, -0.2) is 54.8 Å². The van der Waals surface area contributed by atoms with Crippen LogP contribution in [0, 0.1) is 18.8 Å². The van der Waals surface area contributed by atoms with Gasteiger partial charge in [0.15, 0.2) is 0 Å². The molecule has 0 spiro atoms. The minimum atomic E-state index is 0.536. The number of benzene rings is 1. The molecule has 1 saturated carbocycles. The summed E-state index contributed by atoms with van der Waals surface area (Å²) in [6.45, 7) is 8.60. The third kappa shape index (κ3) is 12.1. The number of fused-ring (bicyclic) bond motifs is 1. The summed E-state index contributed by atoms with van der Waals surface area (Å²) < 4.78 is 0. The van der Waals surface area contributed by atoms with E-state index in [-0.39, 0.29) is 0 Å². The molecule has 0 atom stereocenters. The van der Waals surface area contributed by atoms with Crippen molar-refractivity contribution in [3.63, 3.8) is 0 Å². The van der Waals surface area contributed by atoms with Crippen molar-refractivity contribution < 1.29 is 0 Å². The maximum absolute atomic E-state index is 5.55. The summed E-state index contributed by atoms with van der Waals surface area (Å²) in [4.78, 5) is 10.8. The highest BCUT2D eigenvalue weighted by molar-refractivity contribution is 6.28. The summed E-state index contributed by atoms with van der Waals surface area (Å²) in [6, 6.07) is 8.06. The average molecular weight is 504 g/mol. The van der Waals surface area contributed by atoms with Gasteiger partial charge in [0.25, 0.3) is 0 Å². The SMILES string of the molecule is CC/C(CCl)=N/N(C)C.CCCC1CCC(CCC)CC1.Cc1nc(N(C)C)c2ccccc2n1. The Bertz CT molecular complexity index is 837. The maximum atomic E-state index is 5.55. The summed E-state index contributed by atoms with van der Waals surface area (Å²) in [5.74, 6) is 4.50. The van der Waals surface area contributed by atoms with Gasteiger partial charge >= 0.3 is 0 Å². The smallest absolute Gasteiger partial charge is 0.139 e. The molecule has 1 aromatic carbocycles. The number of para-hydroxylation sites is 1. The molecule has 3 rings (SSSR count). The number of hydrogen-bond acceptors (Lipinski definition) is 5. The number of aryl methyl sites for hydroxylation is 1. The number of aromatic nitrogens is 2. The second kappa shape index (κ2) is 17.5. The van der Waals surface area contributed by atoms with Crippen molar-refractivity contribution in [1.29, 1.82) is 0 Å². The van der Waals surface area contributed by atoms with Crippen LogP contribution < -0.4 is 4.90 Å². The fraction of sp³-hybridized carbons (Fsp3) is 0.690. The first kappa shape index (κ1) is 31.2. The zero-order valence-electron chi connectivity index (χ0n) is 23.6. The Labute approximate surface area is 220 Å². The van der Waals surface area contributed by atoms with Crippen LogP contribution in [-0.2, 0) is 0 Å². The lowest BCUT2D eigenvalue weighted by Crippen LogP contribution is -2.14. The molecule has 0 radical (unpaired) electrons. The summed E-state index contributed by atoms with van der Waals surface area (Å²) in [5.41, 5.74) is 2.03. The molecule has 35 heavy (non-hydrogen) atoms. The summed E-state index contributed by atoms with van der Waals surface area (Å²) in [6.07, 6.45) is 12.8. The van der Waals surface area contributed by atoms with Gasteiger partial charge in [-0.2, -0.15) is 5.10 Å². The van der Waals surface area contributed by atoms with Crippen LogP contribution >= 0.6 is 11.6 Å². The number of anilines is 1. The number of halogens is 1. The highest BCUT2D eigenvalue weighted by Gasteiger charge is 2.19. The van der Waals surface area contributed by atoms with Crippen molar-refractivity contribution in [3.05, 3.63) is 30.1 Å². The van der Waals surface area contributed by atoms with Crippen LogP contribution in [0.3, 0.4) is 0 Å². The fourth-order valence-electron chi connectivity index (χ4n) is 4.61. The van der Waals surface area contributed by atoms with Crippen LogP contribution in [0.4, 0.5) is 5.82 Å². The van der Waals surface area contributed by atoms with Crippen molar-refractivity contribution in [2.45, 2.75) is 85.5 Å². The standard InChI is InChI=1S/C12H24.C11H13N3.C6H13ClN2/c1-3-5-11-7-9-12(6-4-2)10-8-11;1-8-12-10-7-5-4-6-9(10)11(13-8)14(2)3;1-4-6(5-7)8-9(2)3/h11-12H,3-10H2,1-2H3;4-7H,1-3H3;4-5H2,1-3H3/b;;8-6-. The molecule has 0 N–H and O–H groups in total. The van der Waals surface area contributed by atoms with Gasteiger partial charge in [-0.15, -0.1) is 11.6 Å². The maximum Gasteiger partial charge on any atom is 0.139 e. The Morgan fingerprint density at radius 2 is 1.46 bits per heavy atom. The van der Waals surface area contributed by atoms with Gasteiger partial charge in [-0.25, -0.2) is 9.97 Å². The van der Waals surface area contributed by atoms with Gasteiger partial charge in [0.05, 0.1) is 17.1 Å². The third-order valence-electron chi connectivity index (χ3n) is 6.38. The molecule has 1 aliphatic carbocycles. The molecular formula is C29H50ClN5. The number of hydrogen-bond donors (Lipinski definition) is 0. The second-order valence-corrected chi connectivity index (χ2v) is 10.2. The van der Waals surface area contributed by atoms with E-state index in [2.05, 4.69) is 28.9 Å². The first-order valence-corrected chi connectivity index (χ1v) is 14.0. The van der Waals surface area contributed by atoms with Crippen molar-refractivity contribution in [1.82, 2.24) is 15.0 Å². The van der Waals surface area contributed by atoms with E-state index in [1.807, 2.05) is 71.2 Å². The van der Waals surface area contributed by atoms with E-state index in [1.165, 1.54) is 51.4 Å². The van der Waals surface area contributed by atoms with Crippen LogP contribution in [0.2, 0.25) is 0 Å². The summed E-state index contributed by atoms with van der Waals surface area (Å²) in [5, 5.41) is 7.00. The molecule has 0 unspecified atom stereocenters. The summed E-state index contributed by atoms with van der Waals surface area (Å²) in [7, 11) is 7.77. The Morgan fingerprint density at radius 1 is 0.914 bits per heavy atom. The Morgan fingerprint density at radius 3 is 1.86 bits per heavy atom. The third-order valence-corrected chi connectivity index (χ3v) is 6.69. The van der Waals surface area contributed by atoms with E-state index in [1.54, 1.807) is 5.01 Å². The quantitative estimate of drug-likeness (QED) is 0.208. The largest absolute Gasteiger partial charge is 0.362 e. The van der Waals surface area contributed by atoms with E-state index >= 15 is 0 Å². The van der Waals surface area contributed by atoms with E-state index in [4.69, 9.17) is 11.6 Å². The van der Waals surface area contributed by atoms with Gasteiger partial charge in [0.2, 0.25) is 0 Å². The van der Waals surface area contributed by atoms with Crippen molar-refractivity contribution in [2.24, 2.45) is 16.9 Å². The van der Waals surface area contributed by atoms with Crippen molar-refractivity contribution >= 4 is 34.0 Å². The highest BCUT2D eigenvalue weighted by Crippen LogP contribution is 2.33. The van der Waals surface area contributed by atoms with Crippen LogP contribution in [0.15, 0.2) is 29.4 Å². The molecule has 5 nitrogen and oxygen atoms in total. The first-order chi connectivity index (χ1) is 16.7. The van der Waals surface area contributed by atoms with Gasteiger partial charge in [-0.1, -0.05) is 84.3 Å². The van der Waals surface area contributed by atoms with E-state index in [0.717, 1.165) is 46.5 Å². The van der Waals surface area contributed by atoms with Gasteiger partial charge in [-0.3, -0.25) is 0 Å². The Balaban J connectivity index is 0.000000270. The number of hydrazone groups is 1. The average Bonchev–Trinajstić information content (AvgIpc) is 2.84. The minimum Gasteiger partial charge on any atom is -0.362 e. The van der Waals surface area contributed by atoms with Gasteiger partial charge in [0.1, 0.15) is 11.6 Å². The minimum absolute atomic E-state index is 0.536. The molecule has 1 fully saturated rings. The molecule has 0 aliphatic heterocycles. The number of nitrogens with zero attached hydrogens (tertiary/aromatic N) is 5. The Kier molecular flexibility index (Phi) is 15.6. The monoisotopic (exact) mass is 503 g/mol. The lowest BCUT2D eigenvalue weighted by Gasteiger charge is -2.27. The van der Waals surface area contributed by atoms with Crippen LogP contribution in [0.25, 0.3) is 10.9 Å². The molecule has 2 aromatic rings. The molecule has 198 valence electrons. The molecule has 0 amide bonds. The zero-order chi connectivity index (χ0) is 26.2. The van der Waals surface area contributed by atoms with Crippen molar-refractivity contribution in [2.75, 3.05) is 39.0 Å². The zero-order valence-corrected chi connectivity index (χ0v) is 24.4. The van der Waals surface area contributed by atoms with Gasteiger partial charge in [-0.05, 0) is 37.3 Å². The molecule has 1 aromatic heterocycles.